The smallest absolute Gasteiger partial charge is 0.119 e. The molecular formula is C19H31NO2. The van der Waals surface area contributed by atoms with Gasteiger partial charge in [-0.2, -0.15) is 0 Å². The first kappa shape index (κ1) is 17.3. The summed E-state index contributed by atoms with van der Waals surface area (Å²) in [6.45, 7) is 14.8. The fraction of sp³-hybridized carbons (Fsp3) is 0.684. The summed E-state index contributed by atoms with van der Waals surface area (Å²) in [5, 5.41) is 0. The molecule has 1 aromatic rings. The van der Waals surface area contributed by atoms with Crippen molar-refractivity contribution in [1.29, 1.82) is 0 Å². The number of rotatable bonds is 7. The zero-order chi connectivity index (χ0) is 15.9. The van der Waals surface area contributed by atoms with E-state index in [9.17, 15) is 0 Å². The molecule has 0 amide bonds. The van der Waals surface area contributed by atoms with E-state index in [1.54, 1.807) is 0 Å². The largest absolute Gasteiger partial charge is 0.494 e. The van der Waals surface area contributed by atoms with Crippen LogP contribution in [0, 0.1) is 0 Å². The van der Waals surface area contributed by atoms with Crippen LogP contribution in [0.4, 0.5) is 0 Å². The summed E-state index contributed by atoms with van der Waals surface area (Å²) in [5.74, 6) is 2.11. The Morgan fingerprint density at radius 2 is 1.73 bits per heavy atom. The molecule has 22 heavy (non-hydrogen) atoms. The Morgan fingerprint density at radius 3 is 2.36 bits per heavy atom. The van der Waals surface area contributed by atoms with E-state index in [0.29, 0.717) is 11.8 Å². The van der Waals surface area contributed by atoms with Crippen molar-refractivity contribution in [3.8, 4) is 5.75 Å². The van der Waals surface area contributed by atoms with Crippen molar-refractivity contribution >= 4 is 0 Å². The number of nitrogens with zero attached hydrogens (tertiary/aromatic N) is 1. The average Bonchev–Trinajstić information content (AvgIpc) is 2.52. The Hall–Kier alpha value is -1.06. The molecule has 0 saturated carbocycles. The maximum absolute atomic E-state index is 5.96. The van der Waals surface area contributed by atoms with Gasteiger partial charge in [0.15, 0.2) is 0 Å². The third-order valence-corrected chi connectivity index (χ3v) is 4.29. The van der Waals surface area contributed by atoms with Crippen molar-refractivity contribution in [2.45, 2.75) is 46.0 Å². The molecule has 124 valence electrons. The van der Waals surface area contributed by atoms with Crippen molar-refractivity contribution in [3.63, 3.8) is 0 Å². The normalized spacial score (nSPS) is 16.5. The van der Waals surface area contributed by atoms with Gasteiger partial charge in [0.05, 0.1) is 19.8 Å². The van der Waals surface area contributed by atoms with E-state index in [4.69, 9.17) is 9.47 Å². The SMILES string of the molecule is CC(C)c1ccc(OCCCN2CCOCC2)cc1C(C)C. The van der Waals surface area contributed by atoms with Crippen molar-refractivity contribution in [1.82, 2.24) is 4.90 Å². The summed E-state index contributed by atoms with van der Waals surface area (Å²) in [6, 6.07) is 6.59. The monoisotopic (exact) mass is 305 g/mol. The van der Waals surface area contributed by atoms with Crippen LogP contribution in [-0.4, -0.2) is 44.4 Å². The zero-order valence-electron chi connectivity index (χ0n) is 14.6. The van der Waals surface area contributed by atoms with Gasteiger partial charge in [0.2, 0.25) is 0 Å². The van der Waals surface area contributed by atoms with E-state index in [-0.39, 0.29) is 0 Å². The third-order valence-electron chi connectivity index (χ3n) is 4.29. The minimum absolute atomic E-state index is 0.536. The van der Waals surface area contributed by atoms with Crippen LogP contribution in [-0.2, 0) is 4.74 Å². The number of morpholine rings is 1. The molecule has 0 N–H and O–H groups in total. The van der Waals surface area contributed by atoms with Gasteiger partial charge in [0, 0.05) is 19.6 Å². The third kappa shape index (κ3) is 4.99. The van der Waals surface area contributed by atoms with E-state index in [1.165, 1.54) is 11.1 Å². The van der Waals surface area contributed by atoms with Crippen LogP contribution in [0.2, 0.25) is 0 Å². The van der Waals surface area contributed by atoms with Crippen LogP contribution in [0.3, 0.4) is 0 Å². The second-order valence-corrected chi connectivity index (χ2v) is 6.76. The molecule has 0 spiro atoms. The van der Waals surface area contributed by atoms with Gasteiger partial charge in [-0.05, 0) is 41.5 Å². The molecule has 0 unspecified atom stereocenters. The first-order valence-corrected chi connectivity index (χ1v) is 8.64. The summed E-state index contributed by atoms with van der Waals surface area (Å²) in [6.07, 6.45) is 1.07. The van der Waals surface area contributed by atoms with E-state index in [2.05, 4.69) is 50.8 Å². The maximum Gasteiger partial charge on any atom is 0.119 e. The van der Waals surface area contributed by atoms with Crippen LogP contribution in [0.25, 0.3) is 0 Å². The lowest BCUT2D eigenvalue weighted by Gasteiger charge is -2.26. The lowest BCUT2D eigenvalue weighted by atomic mass is 9.90. The second-order valence-electron chi connectivity index (χ2n) is 6.76. The minimum atomic E-state index is 0.536. The Labute approximate surface area is 135 Å². The first-order valence-electron chi connectivity index (χ1n) is 8.64. The van der Waals surface area contributed by atoms with Crippen molar-refractivity contribution in [2.24, 2.45) is 0 Å². The Morgan fingerprint density at radius 1 is 1.05 bits per heavy atom. The highest BCUT2D eigenvalue weighted by atomic mass is 16.5. The molecule has 1 fully saturated rings. The fourth-order valence-electron chi connectivity index (χ4n) is 2.97. The van der Waals surface area contributed by atoms with Gasteiger partial charge in [0.1, 0.15) is 5.75 Å². The van der Waals surface area contributed by atoms with E-state index in [0.717, 1.165) is 51.6 Å². The Kier molecular flexibility index (Phi) is 6.71. The molecule has 0 atom stereocenters. The van der Waals surface area contributed by atoms with Crippen LogP contribution < -0.4 is 4.74 Å². The molecule has 0 aromatic heterocycles. The molecule has 0 bridgehead atoms. The van der Waals surface area contributed by atoms with Gasteiger partial charge in [-0.1, -0.05) is 33.8 Å². The summed E-state index contributed by atoms with van der Waals surface area (Å²) in [5.41, 5.74) is 2.86. The number of ether oxygens (including phenoxy) is 2. The summed E-state index contributed by atoms with van der Waals surface area (Å²) >= 11 is 0. The molecule has 1 heterocycles. The predicted molar refractivity (Wildman–Crippen MR) is 92.0 cm³/mol. The van der Waals surface area contributed by atoms with Gasteiger partial charge in [-0.3, -0.25) is 4.90 Å². The molecule has 0 aliphatic carbocycles. The lowest BCUT2D eigenvalue weighted by Crippen LogP contribution is -2.37. The van der Waals surface area contributed by atoms with E-state index in [1.807, 2.05) is 0 Å². The van der Waals surface area contributed by atoms with Gasteiger partial charge >= 0.3 is 0 Å². The fourth-order valence-corrected chi connectivity index (χ4v) is 2.97. The van der Waals surface area contributed by atoms with Gasteiger partial charge in [-0.25, -0.2) is 0 Å². The van der Waals surface area contributed by atoms with Crippen LogP contribution >= 0.6 is 0 Å². The van der Waals surface area contributed by atoms with E-state index < -0.39 is 0 Å². The van der Waals surface area contributed by atoms with Crippen LogP contribution in [0.5, 0.6) is 5.75 Å². The molecule has 3 nitrogen and oxygen atoms in total. The van der Waals surface area contributed by atoms with E-state index >= 15 is 0 Å². The summed E-state index contributed by atoms with van der Waals surface area (Å²) in [4.78, 5) is 2.45. The molecule has 1 saturated heterocycles. The van der Waals surface area contributed by atoms with Crippen molar-refractivity contribution < 1.29 is 9.47 Å². The molecule has 2 rings (SSSR count). The van der Waals surface area contributed by atoms with Gasteiger partial charge in [0.25, 0.3) is 0 Å². The molecule has 3 heteroatoms. The highest BCUT2D eigenvalue weighted by Gasteiger charge is 2.12. The Balaban J connectivity index is 1.83. The summed E-state index contributed by atoms with van der Waals surface area (Å²) in [7, 11) is 0. The number of hydrogen-bond acceptors (Lipinski definition) is 3. The highest BCUT2D eigenvalue weighted by molar-refractivity contribution is 5.39. The lowest BCUT2D eigenvalue weighted by molar-refractivity contribution is 0.0358. The minimum Gasteiger partial charge on any atom is -0.494 e. The number of hydrogen-bond donors (Lipinski definition) is 0. The number of benzene rings is 1. The molecule has 1 aliphatic heterocycles. The molecule has 1 aromatic carbocycles. The van der Waals surface area contributed by atoms with Crippen molar-refractivity contribution in [2.75, 3.05) is 39.5 Å². The summed E-state index contributed by atoms with van der Waals surface area (Å²) < 4.78 is 11.3. The molecule has 0 radical (unpaired) electrons. The Bertz CT molecular complexity index is 451. The standard InChI is InChI=1S/C19H31NO2/c1-15(2)18-7-6-17(14-19(18)16(3)4)22-11-5-8-20-9-12-21-13-10-20/h6-7,14-16H,5,8-13H2,1-4H3. The van der Waals surface area contributed by atoms with Crippen LogP contribution in [0.15, 0.2) is 18.2 Å². The maximum atomic E-state index is 5.96. The molecular weight excluding hydrogens is 274 g/mol. The average molecular weight is 305 g/mol. The topological polar surface area (TPSA) is 21.7 Å². The first-order chi connectivity index (χ1) is 10.6. The second kappa shape index (κ2) is 8.54. The van der Waals surface area contributed by atoms with Gasteiger partial charge in [-0.15, -0.1) is 0 Å². The van der Waals surface area contributed by atoms with Crippen molar-refractivity contribution in [3.05, 3.63) is 29.3 Å². The molecule has 1 aliphatic rings. The quantitative estimate of drug-likeness (QED) is 0.710. The zero-order valence-corrected chi connectivity index (χ0v) is 14.6. The highest BCUT2D eigenvalue weighted by Crippen LogP contribution is 2.29. The van der Waals surface area contributed by atoms with Gasteiger partial charge < -0.3 is 9.47 Å². The predicted octanol–water partition coefficient (Wildman–Crippen LogP) is 4.03. The van der Waals surface area contributed by atoms with Crippen LogP contribution in [0.1, 0.15) is 57.1 Å².